The first kappa shape index (κ1) is 21.3. The third-order valence-corrected chi connectivity index (χ3v) is 5.26. The van der Waals surface area contributed by atoms with Crippen LogP contribution in [0.15, 0.2) is 83.9 Å². The summed E-state index contributed by atoms with van der Waals surface area (Å²) in [5.41, 5.74) is 4.21. The van der Waals surface area contributed by atoms with Gasteiger partial charge in [0.1, 0.15) is 6.61 Å². The number of amides is 2. The lowest BCUT2D eigenvalue weighted by Crippen LogP contribution is -2.45. The van der Waals surface area contributed by atoms with E-state index in [-0.39, 0.29) is 12.5 Å². The minimum absolute atomic E-state index is 0.109. The summed E-state index contributed by atoms with van der Waals surface area (Å²) in [6, 6.07) is 24.7. The lowest BCUT2D eigenvalue weighted by Gasteiger charge is -2.26. The van der Waals surface area contributed by atoms with Crippen molar-refractivity contribution in [2.75, 3.05) is 4.90 Å². The summed E-state index contributed by atoms with van der Waals surface area (Å²) < 4.78 is 5.29. The number of carbonyl (C=O) groups is 2. The molecule has 0 saturated carbocycles. The molecule has 1 atom stereocenters. The number of hydrogen-bond donors (Lipinski definition) is 1. The molecule has 1 heterocycles. The number of aliphatic imine (C=N–C) groups is 1. The second kappa shape index (κ2) is 9.47. The Hall–Kier alpha value is -3.93. The lowest BCUT2D eigenvalue weighted by molar-refractivity contribution is -0.119. The van der Waals surface area contributed by atoms with Crippen LogP contribution in [-0.2, 0) is 16.1 Å². The average Bonchev–Trinajstić information content (AvgIpc) is 2.95. The molecule has 0 aliphatic carbocycles. The molecule has 0 spiro atoms. The van der Waals surface area contributed by atoms with Crippen LogP contribution in [0.1, 0.15) is 36.5 Å². The average molecular weight is 428 g/mol. The number of carbonyl (C=O) groups excluding carboxylic acids is 2. The molecule has 3 aromatic rings. The molecular formula is C26H25N3O3. The van der Waals surface area contributed by atoms with E-state index in [1.54, 1.807) is 11.1 Å². The van der Waals surface area contributed by atoms with E-state index in [2.05, 4.69) is 24.2 Å². The molecule has 162 valence electrons. The maximum atomic E-state index is 13.5. The van der Waals surface area contributed by atoms with Crippen molar-refractivity contribution in [3.63, 3.8) is 0 Å². The predicted octanol–water partition coefficient (Wildman–Crippen LogP) is 5.16. The van der Waals surface area contributed by atoms with E-state index in [1.165, 1.54) is 0 Å². The van der Waals surface area contributed by atoms with Crippen LogP contribution in [0.2, 0.25) is 0 Å². The van der Waals surface area contributed by atoms with Gasteiger partial charge < -0.3 is 4.74 Å². The highest BCUT2D eigenvalue weighted by atomic mass is 16.5. The summed E-state index contributed by atoms with van der Waals surface area (Å²) in [6.07, 6.45) is -0.179. The zero-order chi connectivity index (χ0) is 22.5. The van der Waals surface area contributed by atoms with Gasteiger partial charge in [-0.05, 0) is 35.2 Å². The number of ether oxygens (including phenoxy) is 1. The third-order valence-electron chi connectivity index (χ3n) is 5.26. The minimum Gasteiger partial charge on any atom is -0.445 e. The largest absolute Gasteiger partial charge is 0.445 e. The van der Waals surface area contributed by atoms with Crippen molar-refractivity contribution in [1.82, 2.24) is 5.32 Å². The van der Waals surface area contributed by atoms with Crippen LogP contribution in [0.5, 0.6) is 0 Å². The Kier molecular flexibility index (Phi) is 6.31. The van der Waals surface area contributed by atoms with Gasteiger partial charge >= 0.3 is 6.09 Å². The molecule has 0 aromatic heterocycles. The summed E-state index contributed by atoms with van der Waals surface area (Å²) in [5.74, 6) is -0.0566. The second-order valence-corrected chi connectivity index (χ2v) is 7.87. The second-order valence-electron chi connectivity index (χ2n) is 7.87. The first-order valence-electron chi connectivity index (χ1n) is 10.6. The normalized spacial score (nSPS) is 15.3. The van der Waals surface area contributed by atoms with Gasteiger partial charge in [0.25, 0.3) is 5.91 Å². The number of hydrogen-bond acceptors (Lipinski definition) is 4. The molecule has 2 amide bonds. The number of benzene rings is 3. The zero-order valence-corrected chi connectivity index (χ0v) is 18.1. The van der Waals surface area contributed by atoms with Crippen molar-refractivity contribution < 1.29 is 14.3 Å². The highest BCUT2D eigenvalue weighted by Gasteiger charge is 2.31. The molecule has 0 bridgehead atoms. The summed E-state index contributed by atoms with van der Waals surface area (Å²) in [4.78, 5) is 31.9. The Bertz CT molecular complexity index is 1130. The Labute approximate surface area is 187 Å². The molecule has 3 aromatic carbocycles. The van der Waals surface area contributed by atoms with E-state index < -0.39 is 12.3 Å². The summed E-state index contributed by atoms with van der Waals surface area (Å²) >= 11 is 0. The maximum Gasteiger partial charge on any atom is 0.409 e. The van der Waals surface area contributed by atoms with Crippen molar-refractivity contribution in [1.29, 1.82) is 0 Å². The quantitative estimate of drug-likeness (QED) is 0.611. The van der Waals surface area contributed by atoms with Crippen molar-refractivity contribution in [3.8, 4) is 0 Å². The summed E-state index contributed by atoms with van der Waals surface area (Å²) in [7, 11) is 0. The number of benzodiazepines with no additional fused rings is 1. The molecule has 0 saturated heterocycles. The number of anilines is 2. The van der Waals surface area contributed by atoms with Gasteiger partial charge in [-0.15, -0.1) is 0 Å². The number of para-hydroxylation sites is 1. The van der Waals surface area contributed by atoms with Gasteiger partial charge in [-0.1, -0.05) is 74.5 Å². The third kappa shape index (κ3) is 4.70. The smallest absolute Gasteiger partial charge is 0.409 e. The fourth-order valence-corrected chi connectivity index (χ4v) is 3.50. The molecule has 0 radical (unpaired) electrons. The Balaban J connectivity index is 1.61. The number of alkyl carbamates (subject to hydrolysis) is 1. The molecule has 0 fully saturated rings. The first-order chi connectivity index (χ1) is 15.5. The fourth-order valence-electron chi connectivity index (χ4n) is 3.50. The van der Waals surface area contributed by atoms with E-state index in [0.29, 0.717) is 11.6 Å². The van der Waals surface area contributed by atoms with Gasteiger partial charge in [0.05, 0.1) is 5.69 Å². The Morgan fingerprint density at radius 1 is 1.03 bits per heavy atom. The topological polar surface area (TPSA) is 71.0 Å². The van der Waals surface area contributed by atoms with Crippen LogP contribution in [0.25, 0.3) is 0 Å². The molecule has 32 heavy (non-hydrogen) atoms. The van der Waals surface area contributed by atoms with Gasteiger partial charge in [-0.2, -0.15) is 0 Å². The predicted molar refractivity (Wildman–Crippen MR) is 125 cm³/mol. The standard InChI is InChI=1S/C26H25N3O3/c1-18(2)20-13-14-21-16-27-24(28-26(31)32-17-19-9-5-3-6-10-19)25(30)29(23(21)15-20)22-11-7-4-8-12-22/h3-16,18,24H,17H2,1-2H3,(H,28,31). The van der Waals surface area contributed by atoms with Crippen LogP contribution < -0.4 is 10.2 Å². The Morgan fingerprint density at radius 3 is 2.41 bits per heavy atom. The molecule has 6 heteroatoms. The van der Waals surface area contributed by atoms with E-state index in [0.717, 1.165) is 22.4 Å². The van der Waals surface area contributed by atoms with Gasteiger partial charge in [-0.25, -0.2) is 4.79 Å². The van der Waals surface area contributed by atoms with Crippen LogP contribution in [0.3, 0.4) is 0 Å². The fraction of sp³-hybridized carbons (Fsp3) is 0.192. The molecule has 1 N–H and O–H groups in total. The highest BCUT2D eigenvalue weighted by molar-refractivity contribution is 6.10. The van der Waals surface area contributed by atoms with E-state index in [9.17, 15) is 9.59 Å². The number of rotatable bonds is 5. The van der Waals surface area contributed by atoms with Gasteiger partial charge in [0.2, 0.25) is 6.17 Å². The van der Waals surface area contributed by atoms with Crippen molar-refractivity contribution >= 4 is 29.6 Å². The van der Waals surface area contributed by atoms with E-state index >= 15 is 0 Å². The number of nitrogens with one attached hydrogen (secondary N) is 1. The van der Waals surface area contributed by atoms with Crippen LogP contribution in [-0.4, -0.2) is 24.4 Å². The summed E-state index contributed by atoms with van der Waals surface area (Å²) in [5, 5.41) is 2.60. The van der Waals surface area contributed by atoms with Gasteiger partial charge in [0.15, 0.2) is 0 Å². The number of nitrogens with zero attached hydrogens (tertiary/aromatic N) is 2. The highest BCUT2D eigenvalue weighted by Crippen LogP contribution is 2.33. The van der Waals surface area contributed by atoms with Crippen LogP contribution in [0.4, 0.5) is 16.2 Å². The van der Waals surface area contributed by atoms with Crippen molar-refractivity contribution in [3.05, 3.63) is 95.6 Å². The minimum atomic E-state index is -1.10. The van der Waals surface area contributed by atoms with Crippen LogP contribution in [0, 0.1) is 0 Å². The van der Waals surface area contributed by atoms with Gasteiger partial charge in [0, 0.05) is 17.5 Å². The van der Waals surface area contributed by atoms with Crippen molar-refractivity contribution in [2.24, 2.45) is 4.99 Å². The van der Waals surface area contributed by atoms with Crippen molar-refractivity contribution in [2.45, 2.75) is 32.5 Å². The maximum absolute atomic E-state index is 13.5. The molecule has 1 unspecified atom stereocenters. The molecule has 1 aliphatic rings. The molecule has 6 nitrogen and oxygen atoms in total. The lowest BCUT2D eigenvalue weighted by atomic mass is 9.99. The first-order valence-corrected chi connectivity index (χ1v) is 10.6. The Morgan fingerprint density at radius 2 is 1.72 bits per heavy atom. The molecule has 4 rings (SSSR count). The SMILES string of the molecule is CC(C)c1ccc2c(c1)N(c1ccccc1)C(=O)C(NC(=O)OCc1ccccc1)N=C2. The van der Waals surface area contributed by atoms with Crippen LogP contribution >= 0.6 is 0 Å². The zero-order valence-electron chi connectivity index (χ0n) is 18.1. The number of fused-ring (bicyclic) bond motifs is 1. The van der Waals surface area contributed by atoms with Gasteiger partial charge in [-0.3, -0.25) is 20.0 Å². The molecule has 1 aliphatic heterocycles. The monoisotopic (exact) mass is 427 g/mol. The molecular weight excluding hydrogens is 402 g/mol. The van der Waals surface area contributed by atoms with E-state index in [4.69, 9.17) is 4.74 Å². The van der Waals surface area contributed by atoms with E-state index in [1.807, 2.05) is 78.9 Å². The summed E-state index contributed by atoms with van der Waals surface area (Å²) in [6.45, 7) is 4.32.